The predicted octanol–water partition coefficient (Wildman–Crippen LogP) is 7.02. The lowest BCUT2D eigenvalue weighted by atomic mass is 10.1. The first-order valence-electron chi connectivity index (χ1n) is 12.5. The molecule has 6 heteroatoms. The fraction of sp³-hybridized carbons (Fsp3) is 0.429. The molecule has 0 spiro atoms. The van der Waals surface area contributed by atoms with Crippen LogP contribution in [0.3, 0.4) is 0 Å². The summed E-state index contributed by atoms with van der Waals surface area (Å²) in [5.74, 6) is 0.844. The molecule has 0 amide bonds. The summed E-state index contributed by atoms with van der Waals surface area (Å²) in [5.41, 5.74) is 2.77. The minimum absolute atomic E-state index is 0.633. The topological polar surface area (TPSA) is 61.2 Å². The van der Waals surface area contributed by atoms with Crippen LogP contribution in [-0.4, -0.2) is 50.8 Å². The summed E-state index contributed by atoms with van der Waals surface area (Å²) in [5, 5.41) is 17.8. The third kappa shape index (κ3) is 8.76. The van der Waals surface area contributed by atoms with Crippen molar-refractivity contribution in [2.45, 2.75) is 34.6 Å². The molecule has 0 aliphatic rings. The van der Waals surface area contributed by atoms with Crippen molar-refractivity contribution in [3.63, 3.8) is 0 Å². The van der Waals surface area contributed by atoms with Crippen molar-refractivity contribution < 1.29 is 4.74 Å². The fourth-order valence-corrected chi connectivity index (χ4v) is 3.55. The SMILES string of the molecule is CCNCC.CCOc1ccc2c(NCCN(CC)CC)ccc(N=Nc3ccccc3)c2c1. The van der Waals surface area contributed by atoms with Gasteiger partial charge in [0.2, 0.25) is 0 Å². The second kappa shape index (κ2) is 15.8. The Morgan fingerprint density at radius 3 is 2.15 bits per heavy atom. The van der Waals surface area contributed by atoms with Crippen molar-refractivity contribution in [2.75, 3.05) is 51.2 Å². The van der Waals surface area contributed by atoms with Gasteiger partial charge in [-0.1, -0.05) is 45.9 Å². The highest BCUT2D eigenvalue weighted by molar-refractivity contribution is 6.01. The Balaban J connectivity index is 0.000000739. The van der Waals surface area contributed by atoms with Gasteiger partial charge in [0.15, 0.2) is 0 Å². The van der Waals surface area contributed by atoms with Gasteiger partial charge in [0.1, 0.15) is 5.75 Å². The summed E-state index contributed by atoms with van der Waals surface area (Å²) in [4.78, 5) is 2.41. The van der Waals surface area contributed by atoms with Crippen LogP contribution in [0, 0.1) is 0 Å². The summed E-state index contributed by atoms with van der Waals surface area (Å²) in [6.07, 6.45) is 0. The van der Waals surface area contributed by atoms with Gasteiger partial charge in [-0.05, 0) is 75.6 Å². The number of rotatable bonds is 12. The van der Waals surface area contributed by atoms with Crippen LogP contribution >= 0.6 is 0 Å². The quantitative estimate of drug-likeness (QED) is 0.283. The van der Waals surface area contributed by atoms with Crippen LogP contribution in [0.2, 0.25) is 0 Å². The lowest BCUT2D eigenvalue weighted by Crippen LogP contribution is -2.28. The molecule has 0 saturated heterocycles. The maximum absolute atomic E-state index is 5.71. The van der Waals surface area contributed by atoms with Crippen LogP contribution in [0.25, 0.3) is 10.8 Å². The van der Waals surface area contributed by atoms with E-state index in [1.807, 2.05) is 55.5 Å². The van der Waals surface area contributed by atoms with Gasteiger partial charge in [0.05, 0.1) is 18.0 Å². The molecule has 0 saturated carbocycles. The van der Waals surface area contributed by atoms with E-state index in [1.165, 1.54) is 0 Å². The van der Waals surface area contributed by atoms with Crippen LogP contribution in [0.5, 0.6) is 5.75 Å². The first-order valence-corrected chi connectivity index (χ1v) is 12.5. The Hall–Kier alpha value is -2.96. The Morgan fingerprint density at radius 1 is 0.794 bits per heavy atom. The van der Waals surface area contributed by atoms with E-state index in [2.05, 4.69) is 65.6 Å². The molecular weight excluding hydrogens is 422 g/mol. The molecule has 0 heterocycles. The van der Waals surface area contributed by atoms with E-state index in [9.17, 15) is 0 Å². The Bertz CT molecular complexity index is 985. The Labute approximate surface area is 205 Å². The number of likely N-dealkylation sites (N-methyl/N-ethyl adjacent to an activating group) is 1. The highest BCUT2D eigenvalue weighted by Crippen LogP contribution is 2.35. The predicted molar refractivity (Wildman–Crippen MR) is 146 cm³/mol. The van der Waals surface area contributed by atoms with Gasteiger partial charge < -0.3 is 20.3 Å². The zero-order valence-electron chi connectivity index (χ0n) is 21.5. The minimum Gasteiger partial charge on any atom is -0.494 e. The van der Waals surface area contributed by atoms with Gasteiger partial charge in [-0.3, -0.25) is 0 Å². The molecule has 0 atom stereocenters. The van der Waals surface area contributed by atoms with Crippen molar-refractivity contribution in [3.8, 4) is 5.75 Å². The Morgan fingerprint density at radius 2 is 1.53 bits per heavy atom. The van der Waals surface area contributed by atoms with E-state index in [0.717, 1.165) is 72.9 Å². The zero-order valence-corrected chi connectivity index (χ0v) is 21.5. The standard InChI is InChI=1S/C24H30N4O.C4H11N/c1-4-28(5-2)17-16-25-23-14-15-24(27-26-19-10-8-7-9-11-19)22-18-20(29-6-3)12-13-21(22)23;1-3-5-4-2/h7-15,18,25H,4-6,16-17H2,1-3H3;5H,3-4H2,1-2H3. The molecule has 0 aliphatic heterocycles. The van der Waals surface area contributed by atoms with E-state index in [-0.39, 0.29) is 0 Å². The van der Waals surface area contributed by atoms with Gasteiger partial charge in [-0.2, -0.15) is 5.11 Å². The summed E-state index contributed by atoms with van der Waals surface area (Å²) in [7, 11) is 0. The molecule has 3 aromatic rings. The van der Waals surface area contributed by atoms with Crippen LogP contribution in [0.1, 0.15) is 34.6 Å². The molecule has 0 unspecified atom stereocenters. The molecule has 34 heavy (non-hydrogen) atoms. The molecule has 0 radical (unpaired) electrons. The molecule has 6 nitrogen and oxygen atoms in total. The lowest BCUT2D eigenvalue weighted by molar-refractivity contribution is 0.316. The van der Waals surface area contributed by atoms with Crippen LogP contribution in [0.15, 0.2) is 70.9 Å². The van der Waals surface area contributed by atoms with Gasteiger partial charge in [-0.15, -0.1) is 5.11 Å². The number of azo groups is 1. The number of nitrogens with zero attached hydrogens (tertiary/aromatic N) is 3. The average Bonchev–Trinajstić information content (AvgIpc) is 2.87. The van der Waals surface area contributed by atoms with E-state index >= 15 is 0 Å². The molecule has 2 N–H and O–H groups in total. The van der Waals surface area contributed by atoms with Crippen LogP contribution in [-0.2, 0) is 0 Å². The molecular formula is C28H41N5O. The maximum atomic E-state index is 5.71. The molecule has 0 fully saturated rings. The number of anilines is 1. The second-order valence-corrected chi connectivity index (χ2v) is 7.72. The lowest BCUT2D eigenvalue weighted by Gasteiger charge is -2.19. The number of hydrogen-bond donors (Lipinski definition) is 2. The molecule has 0 aliphatic carbocycles. The number of hydrogen-bond acceptors (Lipinski definition) is 6. The van der Waals surface area contributed by atoms with Crippen LogP contribution < -0.4 is 15.4 Å². The van der Waals surface area contributed by atoms with Crippen molar-refractivity contribution in [2.24, 2.45) is 10.2 Å². The van der Waals surface area contributed by atoms with Crippen molar-refractivity contribution in [1.82, 2.24) is 10.2 Å². The highest BCUT2D eigenvalue weighted by Gasteiger charge is 2.08. The molecule has 3 rings (SSSR count). The summed E-state index contributed by atoms with van der Waals surface area (Å²) < 4.78 is 5.71. The third-order valence-electron chi connectivity index (χ3n) is 5.44. The summed E-state index contributed by atoms with van der Waals surface area (Å²) >= 11 is 0. The van der Waals surface area contributed by atoms with E-state index < -0.39 is 0 Å². The second-order valence-electron chi connectivity index (χ2n) is 7.72. The molecule has 0 aromatic heterocycles. The fourth-order valence-electron chi connectivity index (χ4n) is 3.55. The average molecular weight is 464 g/mol. The molecule has 0 bridgehead atoms. The van der Waals surface area contributed by atoms with Gasteiger partial charge in [0.25, 0.3) is 0 Å². The number of fused-ring (bicyclic) bond motifs is 1. The minimum atomic E-state index is 0.633. The van der Waals surface area contributed by atoms with Gasteiger partial charge in [-0.25, -0.2) is 0 Å². The summed E-state index contributed by atoms with van der Waals surface area (Å²) in [6, 6.07) is 20.1. The monoisotopic (exact) mass is 463 g/mol. The first-order chi connectivity index (χ1) is 16.7. The molecule has 3 aromatic carbocycles. The highest BCUT2D eigenvalue weighted by atomic mass is 16.5. The Kier molecular flexibility index (Phi) is 12.7. The largest absolute Gasteiger partial charge is 0.494 e. The maximum Gasteiger partial charge on any atom is 0.119 e. The van der Waals surface area contributed by atoms with E-state index in [1.54, 1.807) is 0 Å². The molecule has 184 valence electrons. The van der Waals surface area contributed by atoms with Crippen molar-refractivity contribution in [3.05, 3.63) is 60.7 Å². The zero-order chi connectivity index (χ0) is 24.6. The van der Waals surface area contributed by atoms with E-state index in [0.29, 0.717) is 6.61 Å². The number of benzene rings is 3. The van der Waals surface area contributed by atoms with Crippen molar-refractivity contribution >= 4 is 27.8 Å². The van der Waals surface area contributed by atoms with Crippen LogP contribution in [0.4, 0.5) is 17.1 Å². The van der Waals surface area contributed by atoms with Crippen molar-refractivity contribution in [1.29, 1.82) is 0 Å². The number of ether oxygens (including phenoxy) is 1. The first kappa shape index (κ1) is 27.3. The summed E-state index contributed by atoms with van der Waals surface area (Å²) in [6.45, 7) is 17.4. The number of nitrogens with one attached hydrogen (secondary N) is 2. The smallest absolute Gasteiger partial charge is 0.119 e. The van der Waals surface area contributed by atoms with Gasteiger partial charge >= 0.3 is 0 Å². The van der Waals surface area contributed by atoms with Gasteiger partial charge in [0, 0.05) is 29.5 Å². The normalized spacial score (nSPS) is 11.0. The third-order valence-corrected chi connectivity index (χ3v) is 5.44. The van der Waals surface area contributed by atoms with E-state index in [4.69, 9.17) is 4.74 Å².